The summed E-state index contributed by atoms with van der Waals surface area (Å²) >= 11 is 0. The van der Waals surface area contributed by atoms with Crippen LogP contribution in [0.5, 0.6) is 0 Å². The summed E-state index contributed by atoms with van der Waals surface area (Å²) in [7, 11) is 0. The number of rotatable bonds is 3. The van der Waals surface area contributed by atoms with Crippen molar-refractivity contribution >= 4 is 0 Å². The number of nitrogens with two attached hydrogens (primary N) is 1. The van der Waals surface area contributed by atoms with Crippen LogP contribution in [0.25, 0.3) is 0 Å². The van der Waals surface area contributed by atoms with E-state index in [1.54, 1.807) is 0 Å². The minimum Gasteiger partial charge on any atom is -0.348 e. The molecule has 1 fully saturated rings. The van der Waals surface area contributed by atoms with Crippen LogP contribution in [0.2, 0.25) is 0 Å². The Hall–Kier alpha value is -0.120. The van der Waals surface area contributed by atoms with Crippen molar-refractivity contribution in [3.8, 4) is 0 Å². The molecule has 0 bridgehead atoms. The van der Waals surface area contributed by atoms with Gasteiger partial charge in [0.15, 0.2) is 5.79 Å². The first kappa shape index (κ1) is 11.0. The van der Waals surface area contributed by atoms with Gasteiger partial charge in [-0.3, -0.25) is 0 Å². The Labute approximate surface area is 80.6 Å². The summed E-state index contributed by atoms with van der Waals surface area (Å²) in [4.78, 5) is 0. The maximum atomic E-state index is 5.88. The van der Waals surface area contributed by atoms with Gasteiger partial charge in [0.2, 0.25) is 0 Å². The normalized spacial score (nSPS) is 27.9. The molecule has 78 valence electrons. The molecule has 2 N–H and O–H groups in total. The lowest BCUT2D eigenvalue weighted by molar-refractivity contribution is -0.139. The van der Waals surface area contributed by atoms with E-state index in [4.69, 9.17) is 15.2 Å². The first-order valence-corrected chi connectivity index (χ1v) is 4.89. The molecule has 1 heterocycles. The first-order valence-electron chi connectivity index (χ1n) is 4.89. The van der Waals surface area contributed by atoms with E-state index in [2.05, 4.69) is 0 Å². The van der Waals surface area contributed by atoms with Gasteiger partial charge in [0.25, 0.3) is 0 Å². The molecule has 1 rings (SSSR count). The van der Waals surface area contributed by atoms with Gasteiger partial charge in [0, 0.05) is 5.54 Å². The second-order valence-corrected chi connectivity index (χ2v) is 4.98. The van der Waals surface area contributed by atoms with Crippen molar-refractivity contribution in [1.82, 2.24) is 0 Å². The van der Waals surface area contributed by atoms with Crippen molar-refractivity contribution in [2.45, 2.75) is 58.0 Å². The maximum absolute atomic E-state index is 5.88. The lowest BCUT2D eigenvalue weighted by Crippen LogP contribution is -2.33. The van der Waals surface area contributed by atoms with E-state index in [-0.39, 0.29) is 11.6 Å². The van der Waals surface area contributed by atoms with Gasteiger partial charge in [0.05, 0.1) is 12.7 Å². The highest BCUT2D eigenvalue weighted by Gasteiger charge is 2.32. The van der Waals surface area contributed by atoms with Crippen LogP contribution in [0, 0.1) is 0 Å². The van der Waals surface area contributed by atoms with Gasteiger partial charge in [-0.2, -0.15) is 0 Å². The third kappa shape index (κ3) is 4.07. The lowest BCUT2D eigenvalue weighted by Gasteiger charge is -2.21. The molecule has 0 aromatic rings. The Morgan fingerprint density at radius 1 is 1.46 bits per heavy atom. The Kier molecular flexibility index (Phi) is 3.00. The van der Waals surface area contributed by atoms with E-state index in [0.717, 1.165) is 12.8 Å². The van der Waals surface area contributed by atoms with E-state index < -0.39 is 5.79 Å². The van der Waals surface area contributed by atoms with Gasteiger partial charge in [-0.05, 0) is 40.5 Å². The Morgan fingerprint density at radius 2 is 2.08 bits per heavy atom. The second-order valence-electron chi connectivity index (χ2n) is 4.98. The molecule has 13 heavy (non-hydrogen) atoms. The molecule has 1 atom stereocenters. The van der Waals surface area contributed by atoms with Gasteiger partial charge < -0.3 is 15.2 Å². The van der Waals surface area contributed by atoms with E-state index in [1.165, 1.54) is 0 Å². The fourth-order valence-corrected chi connectivity index (χ4v) is 1.44. The average Bonchev–Trinajstić information content (AvgIpc) is 2.24. The van der Waals surface area contributed by atoms with Crippen LogP contribution in [0.3, 0.4) is 0 Å². The van der Waals surface area contributed by atoms with Crippen LogP contribution in [0.4, 0.5) is 0 Å². The predicted octanol–water partition coefficient (Wildman–Crippen LogP) is 1.66. The molecule has 1 aliphatic rings. The van der Waals surface area contributed by atoms with Crippen molar-refractivity contribution in [1.29, 1.82) is 0 Å². The van der Waals surface area contributed by atoms with Crippen LogP contribution in [0.1, 0.15) is 40.5 Å². The van der Waals surface area contributed by atoms with E-state index >= 15 is 0 Å². The highest BCUT2D eigenvalue weighted by molar-refractivity contribution is 4.77. The summed E-state index contributed by atoms with van der Waals surface area (Å²) in [5.41, 5.74) is 5.78. The van der Waals surface area contributed by atoms with Gasteiger partial charge in [-0.1, -0.05) is 0 Å². The molecule has 0 aliphatic carbocycles. The smallest absolute Gasteiger partial charge is 0.163 e. The molecule has 3 heteroatoms. The van der Waals surface area contributed by atoms with Crippen LogP contribution >= 0.6 is 0 Å². The van der Waals surface area contributed by atoms with E-state index in [9.17, 15) is 0 Å². The van der Waals surface area contributed by atoms with Gasteiger partial charge >= 0.3 is 0 Å². The van der Waals surface area contributed by atoms with Crippen LogP contribution in [-0.4, -0.2) is 24.0 Å². The fourth-order valence-electron chi connectivity index (χ4n) is 1.44. The van der Waals surface area contributed by atoms with Gasteiger partial charge in [0.1, 0.15) is 0 Å². The highest BCUT2D eigenvalue weighted by Crippen LogP contribution is 2.25. The van der Waals surface area contributed by atoms with E-state index in [1.807, 2.05) is 27.7 Å². The SMILES string of the molecule is CC(C)(N)CCC1COC(C)(C)O1. The quantitative estimate of drug-likeness (QED) is 0.730. The topological polar surface area (TPSA) is 44.5 Å². The van der Waals surface area contributed by atoms with Crippen LogP contribution < -0.4 is 5.73 Å². The number of hydrogen-bond acceptors (Lipinski definition) is 3. The van der Waals surface area contributed by atoms with Crippen molar-refractivity contribution in [2.24, 2.45) is 5.73 Å². The summed E-state index contributed by atoms with van der Waals surface area (Å²) in [5, 5.41) is 0. The predicted molar refractivity (Wildman–Crippen MR) is 52.4 cm³/mol. The minimum atomic E-state index is -0.399. The molecule has 0 saturated carbocycles. The van der Waals surface area contributed by atoms with E-state index in [0.29, 0.717) is 6.61 Å². The van der Waals surface area contributed by atoms with Crippen molar-refractivity contribution in [2.75, 3.05) is 6.61 Å². The molecule has 1 unspecified atom stereocenters. The Balaban J connectivity index is 2.25. The van der Waals surface area contributed by atoms with Gasteiger partial charge in [-0.25, -0.2) is 0 Å². The third-order valence-electron chi connectivity index (χ3n) is 2.18. The summed E-state index contributed by atoms with van der Waals surface area (Å²) in [6.45, 7) is 8.66. The first-order chi connectivity index (χ1) is 5.79. The van der Waals surface area contributed by atoms with Gasteiger partial charge in [-0.15, -0.1) is 0 Å². The number of hydrogen-bond donors (Lipinski definition) is 1. The summed E-state index contributed by atoms with van der Waals surface area (Å²) < 4.78 is 11.1. The zero-order chi connectivity index (χ0) is 10.1. The fraction of sp³-hybridized carbons (Fsp3) is 1.00. The lowest BCUT2D eigenvalue weighted by atomic mass is 9.98. The molecule has 0 aromatic carbocycles. The zero-order valence-corrected chi connectivity index (χ0v) is 9.09. The average molecular weight is 187 g/mol. The summed E-state index contributed by atoms with van der Waals surface area (Å²) in [6, 6.07) is 0. The van der Waals surface area contributed by atoms with Crippen LogP contribution in [-0.2, 0) is 9.47 Å². The Morgan fingerprint density at radius 3 is 2.46 bits per heavy atom. The number of ether oxygens (including phenoxy) is 2. The largest absolute Gasteiger partial charge is 0.348 e. The molecule has 0 amide bonds. The van der Waals surface area contributed by atoms with Crippen LogP contribution in [0.15, 0.2) is 0 Å². The molecular weight excluding hydrogens is 166 g/mol. The standard InChI is InChI=1S/C10H21NO2/c1-9(2,11)6-5-8-7-12-10(3,4)13-8/h8H,5-7,11H2,1-4H3. The third-order valence-corrected chi connectivity index (χ3v) is 2.18. The molecule has 0 spiro atoms. The minimum absolute atomic E-state index is 0.101. The maximum Gasteiger partial charge on any atom is 0.163 e. The molecule has 0 radical (unpaired) electrons. The summed E-state index contributed by atoms with van der Waals surface area (Å²) in [6.07, 6.45) is 2.17. The Bertz CT molecular complexity index is 172. The monoisotopic (exact) mass is 187 g/mol. The summed E-state index contributed by atoms with van der Waals surface area (Å²) in [5.74, 6) is -0.399. The zero-order valence-electron chi connectivity index (χ0n) is 9.09. The molecule has 1 saturated heterocycles. The van der Waals surface area contributed by atoms with Crippen molar-refractivity contribution < 1.29 is 9.47 Å². The van der Waals surface area contributed by atoms with Crippen molar-refractivity contribution in [3.05, 3.63) is 0 Å². The molecule has 1 aliphatic heterocycles. The highest BCUT2D eigenvalue weighted by atomic mass is 16.7. The van der Waals surface area contributed by atoms with Crippen molar-refractivity contribution in [3.63, 3.8) is 0 Å². The molecular formula is C10H21NO2. The molecule has 0 aromatic heterocycles. The molecule has 3 nitrogen and oxygen atoms in total. The second kappa shape index (κ2) is 3.56.